The van der Waals surface area contributed by atoms with Crippen molar-refractivity contribution in [1.29, 1.82) is 0 Å². The van der Waals surface area contributed by atoms with Crippen molar-refractivity contribution >= 4 is 5.82 Å². The van der Waals surface area contributed by atoms with Gasteiger partial charge in [-0.1, -0.05) is 6.07 Å². The van der Waals surface area contributed by atoms with E-state index in [1.165, 1.54) is 0 Å². The summed E-state index contributed by atoms with van der Waals surface area (Å²) in [6, 6.07) is 5.37. The zero-order valence-corrected chi connectivity index (χ0v) is 12.0. The Morgan fingerprint density at radius 1 is 1.35 bits per heavy atom. The van der Waals surface area contributed by atoms with E-state index in [1.54, 1.807) is 29.3 Å². The van der Waals surface area contributed by atoms with Gasteiger partial charge in [0, 0.05) is 18.8 Å². The average molecular weight is 325 g/mol. The van der Waals surface area contributed by atoms with Gasteiger partial charge >= 0.3 is 6.18 Å². The van der Waals surface area contributed by atoms with Crippen LogP contribution in [0.15, 0.2) is 35.3 Å². The Morgan fingerprint density at radius 3 is 2.78 bits per heavy atom. The molecule has 2 N–H and O–H groups in total. The van der Waals surface area contributed by atoms with Crippen LogP contribution in [0.5, 0.6) is 5.75 Å². The summed E-state index contributed by atoms with van der Waals surface area (Å²) >= 11 is 0. The van der Waals surface area contributed by atoms with Gasteiger partial charge in [-0.25, -0.2) is 0 Å². The van der Waals surface area contributed by atoms with Crippen LogP contribution in [0.2, 0.25) is 0 Å². The molecule has 2 aromatic heterocycles. The van der Waals surface area contributed by atoms with E-state index >= 15 is 0 Å². The largest absolute Gasteiger partial charge is 0.504 e. The van der Waals surface area contributed by atoms with Crippen molar-refractivity contribution in [3.8, 4) is 5.75 Å². The van der Waals surface area contributed by atoms with Crippen molar-refractivity contribution in [3.05, 3.63) is 52.1 Å². The highest BCUT2D eigenvalue weighted by molar-refractivity contribution is 5.58. The average Bonchev–Trinajstić information content (AvgIpc) is 2.98. The highest BCUT2D eigenvalue weighted by Gasteiger charge is 2.38. The number of aromatic nitrogens is 2. The van der Waals surface area contributed by atoms with Gasteiger partial charge < -0.3 is 15.0 Å². The first-order valence-electron chi connectivity index (χ1n) is 7.09. The Kier molecular flexibility index (Phi) is 3.75. The summed E-state index contributed by atoms with van der Waals surface area (Å²) in [4.78, 5) is 19.7. The Hall–Kier alpha value is -2.51. The zero-order chi connectivity index (χ0) is 16.6. The van der Waals surface area contributed by atoms with Crippen molar-refractivity contribution in [1.82, 2.24) is 9.97 Å². The molecule has 0 aliphatic carbocycles. The monoisotopic (exact) mass is 325 g/mol. The maximum absolute atomic E-state index is 13.0. The number of H-pyrrole nitrogens is 1. The molecule has 0 aromatic carbocycles. The first-order chi connectivity index (χ1) is 10.9. The summed E-state index contributed by atoms with van der Waals surface area (Å²) < 4.78 is 38.9. The molecule has 0 bridgehead atoms. The quantitative estimate of drug-likeness (QED) is 0.891. The smallest absolute Gasteiger partial charge is 0.420 e. The molecule has 122 valence electrons. The molecule has 1 aliphatic heterocycles. The molecule has 2 aromatic rings. The second-order valence-corrected chi connectivity index (χ2v) is 5.35. The van der Waals surface area contributed by atoms with E-state index < -0.39 is 23.0 Å². The van der Waals surface area contributed by atoms with Crippen LogP contribution in [-0.4, -0.2) is 21.6 Å². The van der Waals surface area contributed by atoms with Gasteiger partial charge in [0.15, 0.2) is 11.6 Å². The predicted octanol–water partition coefficient (Wildman–Crippen LogP) is 2.84. The summed E-state index contributed by atoms with van der Waals surface area (Å²) in [6.45, 7) is 0.423. The zero-order valence-electron chi connectivity index (χ0n) is 12.0. The fourth-order valence-corrected chi connectivity index (χ4v) is 2.88. The van der Waals surface area contributed by atoms with Crippen LogP contribution in [0.3, 0.4) is 0 Å². The standard InChI is InChI=1S/C15H14F3N3O2/c16-15(17,18)9-8-12(22)20-14(13(9)23)21-7-3-5-11(21)10-4-1-2-6-19-10/h1-2,4,6,8,11,23H,3,5,7H2,(H,20,22). The summed E-state index contributed by atoms with van der Waals surface area (Å²) in [5, 5.41) is 10.0. The van der Waals surface area contributed by atoms with Gasteiger partial charge in [0.25, 0.3) is 0 Å². The molecule has 23 heavy (non-hydrogen) atoms. The fourth-order valence-electron chi connectivity index (χ4n) is 2.88. The third-order valence-corrected chi connectivity index (χ3v) is 3.87. The summed E-state index contributed by atoms with van der Waals surface area (Å²) in [5.41, 5.74) is -1.55. The highest BCUT2D eigenvalue weighted by atomic mass is 19.4. The van der Waals surface area contributed by atoms with Crippen LogP contribution < -0.4 is 10.5 Å². The molecule has 0 saturated carbocycles. The molecule has 1 fully saturated rings. The minimum absolute atomic E-state index is 0.210. The second kappa shape index (κ2) is 5.60. The summed E-state index contributed by atoms with van der Waals surface area (Å²) in [6.07, 6.45) is -1.80. The van der Waals surface area contributed by atoms with E-state index in [9.17, 15) is 23.1 Å². The number of rotatable bonds is 2. The lowest BCUT2D eigenvalue weighted by Crippen LogP contribution is -2.27. The van der Waals surface area contributed by atoms with Crippen LogP contribution in [0, 0.1) is 0 Å². The summed E-state index contributed by atoms with van der Waals surface area (Å²) in [5.74, 6) is -1.17. The van der Waals surface area contributed by atoms with E-state index in [-0.39, 0.29) is 11.9 Å². The second-order valence-electron chi connectivity index (χ2n) is 5.35. The number of alkyl halides is 3. The SMILES string of the molecule is O=c1cc(C(F)(F)F)c(O)c(N2CCCC2c2ccccn2)[nH]1. The van der Waals surface area contributed by atoms with E-state index in [0.717, 1.165) is 6.42 Å². The maximum Gasteiger partial charge on any atom is 0.420 e. The number of aromatic hydroxyl groups is 1. The molecule has 3 heterocycles. The molecule has 1 saturated heterocycles. The normalized spacial score (nSPS) is 18.4. The number of aromatic amines is 1. The lowest BCUT2D eigenvalue weighted by Gasteiger charge is -2.27. The van der Waals surface area contributed by atoms with Gasteiger partial charge in [0.05, 0.1) is 11.7 Å². The number of anilines is 1. The fraction of sp³-hybridized carbons (Fsp3) is 0.333. The Bertz CT molecular complexity index is 759. The van der Waals surface area contributed by atoms with E-state index in [1.807, 2.05) is 0 Å². The molecular weight excluding hydrogens is 311 g/mol. The van der Waals surface area contributed by atoms with Gasteiger partial charge in [-0.15, -0.1) is 0 Å². The highest BCUT2D eigenvalue weighted by Crippen LogP contribution is 2.43. The first kappa shape index (κ1) is 15.4. The van der Waals surface area contributed by atoms with Crippen LogP contribution in [0.4, 0.5) is 19.0 Å². The number of pyridine rings is 2. The summed E-state index contributed by atoms with van der Waals surface area (Å²) in [7, 11) is 0. The topological polar surface area (TPSA) is 69.2 Å². The predicted molar refractivity (Wildman–Crippen MR) is 77.3 cm³/mol. The number of halogens is 3. The van der Waals surface area contributed by atoms with Gasteiger partial charge in [-0.3, -0.25) is 9.78 Å². The third-order valence-electron chi connectivity index (χ3n) is 3.87. The lowest BCUT2D eigenvalue weighted by molar-refractivity contribution is -0.138. The molecule has 3 rings (SSSR count). The lowest BCUT2D eigenvalue weighted by atomic mass is 10.1. The Morgan fingerprint density at radius 2 is 2.13 bits per heavy atom. The minimum atomic E-state index is -4.80. The van der Waals surface area contributed by atoms with Crippen molar-refractivity contribution < 1.29 is 18.3 Å². The van der Waals surface area contributed by atoms with Crippen molar-refractivity contribution in [3.63, 3.8) is 0 Å². The molecule has 5 nitrogen and oxygen atoms in total. The minimum Gasteiger partial charge on any atom is -0.504 e. The third kappa shape index (κ3) is 2.88. The molecule has 8 heteroatoms. The molecule has 0 amide bonds. The first-order valence-corrected chi connectivity index (χ1v) is 7.09. The van der Waals surface area contributed by atoms with E-state index in [2.05, 4.69) is 9.97 Å². The van der Waals surface area contributed by atoms with Gasteiger partial charge in [-0.2, -0.15) is 13.2 Å². The Labute approximate surface area is 129 Å². The van der Waals surface area contributed by atoms with Crippen LogP contribution in [-0.2, 0) is 6.18 Å². The number of nitrogens with zero attached hydrogens (tertiary/aromatic N) is 2. The van der Waals surface area contributed by atoms with Crippen LogP contribution >= 0.6 is 0 Å². The van der Waals surface area contributed by atoms with Crippen LogP contribution in [0.25, 0.3) is 0 Å². The number of hydrogen-bond acceptors (Lipinski definition) is 4. The van der Waals surface area contributed by atoms with Gasteiger partial charge in [-0.05, 0) is 25.0 Å². The molecule has 1 atom stereocenters. The van der Waals surface area contributed by atoms with Gasteiger partial charge in [0.1, 0.15) is 5.56 Å². The molecule has 0 spiro atoms. The van der Waals surface area contributed by atoms with Crippen molar-refractivity contribution in [2.45, 2.75) is 25.1 Å². The number of hydrogen-bond donors (Lipinski definition) is 2. The Balaban J connectivity index is 2.08. The van der Waals surface area contributed by atoms with Crippen molar-refractivity contribution in [2.24, 2.45) is 0 Å². The maximum atomic E-state index is 13.0. The molecular formula is C15H14F3N3O2. The van der Waals surface area contributed by atoms with Crippen molar-refractivity contribution in [2.75, 3.05) is 11.4 Å². The van der Waals surface area contributed by atoms with Gasteiger partial charge in [0.2, 0.25) is 5.56 Å². The van der Waals surface area contributed by atoms with E-state index in [0.29, 0.717) is 24.7 Å². The van der Waals surface area contributed by atoms with Crippen LogP contribution in [0.1, 0.15) is 30.1 Å². The molecule has 1 aliphatic rings. The molecule has 1 unspecified atom stereocenters. The number of nitrogens with one attached hydrogen (secondary N) is 1. The molecule has 0 radical (unpaired) electrons. The van der Waals surface area contributed by atoms with E-state index in [4.69, 9.17) is 0 Å².